The highest BCUT2D eigenvalue weighted by atomic mass is 35.5. The van der Waals surface area contributed by atoms with Gasteiger partial charge in [0.2, 0.25) is 0 Å². The Hall–Kier alpha value is -1.43. The first-order valence-electron chi connectivity index (χ1n) is 6.12. The molecule has 0 spiro atoms. The lowest BCUT2D eigenvalue weighted by Crippen LogP contribution is -2.40. The van der Waals surface area contributed by atoms with Gasteiger partial charge in [0.15, 0.2) is 0 Å². The number of carbonyl (C=O) groups is 2. The molecular formula is C13H15ClN2O3. The van der Waals surface area contributed by atoms with E-state index in [1.807, 2.05) is 0 Å². The molecule has 6 heteroatoms. The standard InChI is InChI=1S/C13H14N2O3.ClH/c16-12-10-3-1-2-4-11(10)13(17)15(12)18-9-5-7-14-8-6-9;/h1-4,9,14H,5-8H2;1H. The van der Waals surface area contributed by atoms with E-state index in [4.69, 9.17) is 4.84 Å². The van der Waals surface area contributed by atoms with Crippen molar-refractivity contribution in [2.24, 2.45) is 0 Å². The molecule has 2 aliphatic rings. The fourth-order valence-corrected chi connectivity index (χ4v) is 2.31. The van der Waals surface area contributed by atoms with Crippen molar-refractivity contribution in [1.29, 1.82) is 0 Å². The molecule has 0 radical (unpaired) electrons. The lowest BCUT2D eigenvalue weighted by Gasteiger charge is -2.25. The van der Waals surface area contributed by atoms with E-state index in [2.05, 4.69) is 5.32 Å². The number of fused-ring (bicyclic) bond motifs is 1. The van der Waals surface area contributed by atoms with E-state index in [1.165, 1.54) is 0 Å². The molecule has 1 aromatic rings. The number of piperidine rings is 1. The van der Waals surface area contributed by atoms with Crippen LogP contribution in [0, 0.1) is 0 Å². The zero-order chi connectivity index (χ0) is 12.5. The Labute approximate surface area is 117 Å². The zero-order valence-electron chi connectivity index (χ0n) is 10.3. The number of amides is 2. The molecule has 2 amide bonds. The Kier molecular flexibility index (Phi) is 4.19. The van der Waals surface area contributed by atoms with Gasteiger partial charge in [-0.1, -0.05) is 12.1 Å². The number of hydroxylamine groups is 2. The highest BCUT2D eigenvalue weighted by Crippen LogP contribution is 2.24. The van der Waals surface area contributed by atoms with Crippen LogP contribution in [0.3, 0.4) is 0 Å². The summed E-state index contributed by atoms with van der Waals surface area (Å²) in [5.41, 5.74) is 0.855. The second kappa shape index (κ2) is 5.69. The Morgan fingerprint density at radius 2 is 1.58 bits per heavy atom. The predicted molar refractivity (Wildman–Crippen MR) is 71.2 cm³/mol. The van der Waals surface area contributed by atoms with Gasteiger partial charge in [-0.05, 0) is 38.1 Å². The highest BCUT2D eigenvalue weighted by molar-refractivity contribution is 6.20. The number of rotatable bonds is 2. The van der Waals surface area contributed by atoms with Crippen LogP contribution in [0.4, 0.5) is 0 Å². The minimum Gasteiger partial charge on any atom is -0.317 e. The monoisotopic (exact) mass is 282 g/mol. The molecule has 1 saturated heterocycles. The molecular weight excluding hydrogens is 268 g/mol. The third kappa shape index (κ3) is 2.49. The molecule has 0 aromatic heterocycles. The number of hydrogen-bond acceptors (Lipinski definition) is 4. The predicted octanol–water partition coefficient (Wildman–Crippen LogP) is 1.39. The minimum absolute atomic E-state index is 0. The van der Waals surface area contributed by atoms with E-state index < -0.39 is 0 Å². The fraction of sp³-hybridized carbons (Fsp3) is 0.385. The van der Waals surface area contributed by atoms with Crippen molar-refractivity contribution in [2.75, 3.05) is 13.1 Å². The van der Waals surface area contributed by atoms with E-state index in [-0.39, 0.29) is 30.3 Å². The second-order valence-corrected chi connectivity index (χ2v) is 4.51. The van der Waals surface area contributed by atoms with Crippen LogP contribution in [0.15, 0.2) is 24.3 Å². The summed E-state index contributed by atoms with van der Waals surface area (Å²) in [6.45, 7) is 1.71. The van der Waals surface area contributed by atoms with Gasteiger partial charge in [0.05, 0.1) is 17.2 Å². The molecule has 19 heavy (non-hydrogen) atoms. The van der Waals surface area contributed by atoms with Gasteiger partial charge in [-0.2, -0.15) is 0 Å². The van der Waals surface area contributed by atoms with Crippen LogP contribution in [-0.4, -0.2) is 36.1 Å². The zero-order valence-corrected chi connectivity index (χ0v) is 11.1. The first-order valence-corrected chi connectivity index (χ1v) is 6.12. The van der Waals surface area contributed by atoms with E-state index >= 15 is 0 Å². The topological polar surface area (TPSA) is 58.6 Å². The largest absolute Gasteiger partial charge is 0.317 e. The van der Waals surface area contributed by atoms with E-state index in [0.29, 0.717) is 11.1 Å². The maximum Gasteiger partial charge on any atom is 0.285 e. The van der Waals surface area contributed by atoms with Crippen LogP contribution in [-0.2, 0) is 4.84 Å². The molecule has 2 heterocycles. The summed E-state index contributed by atoms with van der Waals surface area (Å²) in [6, 6.07) is 6.80. The van der Waals surface area contributed by atoms with Crippen molar-refractivity contribution in [1.82, 2.24) is 10.4 Å². The molecule has 0 bridgehead atoms. The van der Waals surface area contributed by atoms with E-state index in [1.54, 1.807) is 24.3 Å². The third-order valence-corrected chi connectivity index (χ3v) is 3.30. The number of halogens is 1. The third-order valence-electron chi connectivity index (χ3n) is 3.30. The molecule has 3 rings (SSSR count). The average molecular weight is 283 g/mol. The summed E-state index contributed by atoms with van der Waals surface area (Å²) in [5.74, 6) is -0.705. The maximum absolute atomic E-state index is 12.0. The summed E-state index contributed by atoms with van der Waals surface area (Å²) in [6.07, 6.45) is 1.56. The van der Waals surface area contributed by atoms with Crippen molar-refractivity contribution in [3.8, 4) is 0 Å². The van der Waals surface area contributed by atoms with Gasteiger partial charge < -0.3 is 5.32 Å². The van der Waals surface area contributed by atoms with Crippen LogP contribution < -0.4 is 5.32 Å². The van der Waals surface area contributed by atoms with Gasteiger partial charge in [0.25, 0.3) is 11.8 Å². The summed E-state index contributed by atoms with van der Waals surface area (Å²) in [4.78, 5) is 29.6. The van der Waals surface area contributed by atoms with E-state index in [0.717, 1.165) is 31.0 Å². The van der Waals surface area contributed by atoms with Crippen molar-refractivity contribution in [3.05, 3.63) is 35.4 Å². The Balaban J connectivity index is 0.00000133. The Bertz CT molecular complexity index is 465. The fourth-order valence-electron chi connectivity index (χ4n) is 2.31. The van der Waals surface area contributed by atoms with Crippen LogP contribution in [0.1, 0.15) is 33.6 Å². The molecule has 1 fully saturated rings. The van der Waals surface area contributed by atoms with Crippen molar-refractivity contribution in [3.63, 3.8) is 0 Å². The van der Waals surface area contributed by atoms with Crippen LogP contribution >= 0.6 is 12.4 Å². The molecule has 102 valence electrons. The summed E-state index contributed by atoms with van der Waals surface area (Å²) < 4.78 is 0. The lowest BCUT2D eigenvalue weighted by atomic mass is 10.1. The number of benzene rings is 1. The summed E-state index contributed by atoms with van der Waals surface area (Å²) in [5, 5.41) is 4.13. The van der Waals surface area contributed by atoms with Gasteiger partial charge in [-0.3, -0.25) is 14.4 Å². The Morgan fingerprint density at radius 3 is 2.11 bits per heavy atom. The molecule has 1 aromatic carbocycles. The van der Waals surface area contributed by atoms with Crippen LogP contribution in [0.5, 0.6) is 0 Å². The first kappa shape index (κ1) is 14.0. The van der Waals surface area contributed by atoms with Crippen molar-refractivity contribution in [2.45, 2.75) is 18.9 Å². The normalized spacial score (nSPS) is 19.3. The summed E-state index contributed by atoms with van der Waals surface area (Å²) >= 11 is 0. The summed E-state index contributed by atoms with van der Waals surface area (Å²) in [7, 11) is 0. The van der Waals surface area contributed by atoms with Crippen LogP contribution in [0.25, 0.3) is 0 Å². The van der Waals surface area contributed by atoms with Gasteiger partial charge in [-0.25, -0.2) is 0 Å². The van der Waals surface area contributed by atoms with Crippen molar-refractivity contribution < 1.29 is 14.4 Å². The number of hydrogen-bond donors (Lipinski definition) is 1. The quantitative estimate of drug-likeness (QED) is 0.833. The maximum atomic E-state index is 12.0. The number of imide groups is 1. The minimum atomic E-state index is -0.353. The molecule has 0 saturated carbocycles. The highest BCUT2D eigenvalue weighted by Gasteiger charge is 2.38. The van der Waals surface area contributed by atoms with Gasteiger partial charge in [0, 0.05) is 0 Å². The molecule has 5 nitrogen and oxygen atoms in total. The number of carbonyl (C=O) groups excluding carboxylic acids is 2. The van der Waals surface area contributed by atoms with Gasteiger partial charge in [-0.15, -0.1) is 17.5 Å². The molecule has 0 atom stereocenters. The number of nitrogens with one attached hydrogen (secondary N) is 1. The van der Waals surface area contributed by atoms with E-state index in [9.17, 15) is 9.59 Å². The molecule has 0 aliphatic carbocycles. The van der Waals surface area contributed by atoms with Crippen molar-refractivity contribution >= 4 is 24.2 Å². The molecule has 1 N–H and O–H groups in total. The first-order chi connectivity index (χ1) is 8.77. The lowest BCUT2D eigenvalue weighted by molar-refractivity contribution is -0.138. The number of nitrogens with zero attached hydrogens (tertiary/aromatic N) is 1. The molecule has 2 aliphatic heterocycles. The van der Waals surface area contributed by atoms with Gasteiger partial charge >= 0.3 is 0 Å². The second-order valence-electron chi connectivity index (χ2n) is 4.51. The smallest absolute Gasteiger partial charge is 0.285 e. The Morgan fingerprint density at radius 1 is 1.05 bits per heavy atom. The van der Waals surface area contributed by atoms with Crippen LogP contribution in [0.2, 0.25) is 0 Å². The SMILES string of the molecule is Cl.O=C1c2ccccc2C(=O)N1OC1CCNCC1. The van der Waals surface area contributed by atoms with Gasteiger partial charge in [0.1, 0.15) is 0 Å². The molecule has 0 unspecified atom stereocenters. The average Bonchev–Trinajstić information content (AvgIpc) is 2.66.